The maximum atomic E-state index is 11.5. The summed E-state index contributed by atoms with van der Waals surface area (Å²) in [5.41, 5.74) is 3.01. The van der Waals surface area contributed by atoms with Crippen molar-refractivity contribution in [2.45, 2.75) is 6.92 Å². The molecule has 0 radical (unpaired) electrons. The van der Waals surface area contributed by atoms with Crippen LogP contribution in [0.2, 0.25) is 0 Å². The fraction of sp³-hybridized carbons (Fsp3) is 0.250. The maximum Gasteiger partial charge on any atom is 0.227 e. The third kappa shape index (κ3) is 3.44. The number of benzene rings is 2. The molecule has 0 saturated carbocycles. The number of anilines is 3. The van der Waals surface area contributed by atoms with E-state index in [0.29, 0.717) is 5.95 Å². The molecular formula is C20H21N5O. The number of aromatic nitrogens is 2. The maximum absolute atomic E-state index is 11.5. The topological polar surface area (TPSA) is 61.4 Å². The van der Waals surface area contributed by atoms with E-state index in [9.17, 15) is 4.79 Å². The molecule has 1 N–H and O–H groups in total. The van der Waals surface area contributed by atoms with Crippen LogP contribution in [-0.2, 0) is 4.79 Å². The van der Waals surface area contributed by atoms with Crippen LogP contribution >= 0.6 is 0 Å². The van der Waals surface area contributed by atoms with Gasteiger partial charge in [-0.3, -0.25) is 4.79 Å². The number of nitrogens with zero attached hydrogens (tertiary/aromatic N) is 4. The van der Waals surface area contributed by atoms with E-state index in [1.54, 1.807) is 6.92 Å². The number of carbonyl (C=O) groups is 1. The van der Waals surface area contributed by atoms with Crippen molar-refractivity contribution in [1.29, 1.82) is 0 Å². The summed E-state index contributed by atoms with van der Waals surface area (Å²) in [6, 6.07) is 16.2. The van der Waals surface area contributed by atoms with E-state index < -0.39 is 0 Å². The minimum Gasteiger partial charge on any atom is -0.368 e. The number of hydrogen-bond acceptors (Lipinski definition) is 5. The Hall–Kier alpha value is -3.15. The first-order valence-corrected chi connectivity index (χ1v) is 8.78. The Morgan fingerprint density at radius 3 is 2.65 bits per heavy atom. The van der Waals surface area contributed by atoms with Crippen molar-refractivity contribution in [2.75, 3.05) is 36.4 Å². The second-order valence-electron chi connectivity index (χ2n) is 6.42. The number of amides is 1. The Bertz CT molecular complexity index is 934. The van der Waals surface area contributed by atoms with Gasteiger partial charge in [0.05, 0.1) is 5.52 Å². The lowest BCUT2D eigenvalue weighted by Crippen LogP contribution is -2.48. The summed E-state index contributed by atoms with van der Waals surface area (Å²) in [7, 11) is 0. The largest absolute Gasteiger partial charge is 0.368 e. The average molecular weight is 347 g/mol. The number of para-hydroxylation sites is 1. The van der Waals surface area contributed by atoms with Gasteiger partial charge in [-0.25, -0.2) is 9.97 Å². The molecule has 1 aromatic heterocycles. The number of rotatable bonds is 3. The zero-order valence-corrected chi connectivity index (χ0v) is 14.7. The van der Waals surface area contributed by atoms with Crippen molar-refractivity contribution in [3.63, 3.8) is 0 Å². The van der Waals surface area contributed by atoms with Crippen LogP contribution in [0.25, 0.3) is 10.9 Å². The highest BCUT2D eigenvalue weighted by Gasteiger charge is 2.18. The Morgan fingerprint density at radius 2 is 1.85 bits per heavy atom. The standard InChI is InChI=1S/C20H21N5O/c1-15(26)24-9-11-25(12-10-24)18-7-4-6-17(13-18)22-20-21-14-16-5-2-3-8-19(16)23-20/h2-8,13-14H,9-12H2,1H3,(H,21,22,23). The van der Waals surface area contributed by atoms with Gasteiger partial charge in [-0.1, -0.05) is 24.3 Å². The van der Waals surface area contributed by atoms with Gasteiger partial charge in [-0.05, 0) is 24.3 Å². The predicted molar refractivity (Wildman–Crippen MR) is 104 cm³/mol. The van der Waals surface area contributed by atoms with E-state index in [-0.39, 0.29) is 5.91 Å². The number of carbonyl (C=O) groups excluding carboxylic acids is 1. The monoisotopic (exact) mass is 347 g/mol. The second kappa shape index (κ2) is 7.00. The van der Waals surface area contributed by atoms with E-state index >= 15 is 0 Å². The lowest BCUT2D eigenvalue weighted by Gasteiger charge is -2.35. The molecule has 132 valence electrons. The third-order valence-corrected chi connectivity index (χ3v) is 4.68. The molecule has 3 aromatic rings. The normalized spacial score (nSPS) is 14.5. The minimum atomic E-state index is 0.147. The number of hydrogen-bond donors (Lipinski definition) is 1. The zero-order chi connectivity index (χ0) is 17.9. The lowest BCUT2D eigenvalue weighted by atomic mass is 10.2. The SMILES string of the molecule is CC(=O)N1CCN(c2cccc(Nc3ncc4ccccc4n3)c2)CC1. The molecule has 1 saturated heterocycles. The number of piperazine rings is 1. The van der Waals surface area contributed by atoms with Gasteiger partial charge in [-0.2, -0.15) is 0 Å². The molecule has 2 heterocycles. The van der Waals surface area contributed by atoms with Gasteiger partial charge in [0.1, 0.15) is 0 Å². The zero-order valence-electron chi connectivity index (χ0n) is 14.7. The molecule has 4 rings (SSSR count). The summed E-state index contributed by atoms with van der Waals surface area (Å²) in [6.45, 7) is 4.84. The molecule has 2 aromatic carbocycles. The molecule has 1 fully saturated rings. The Labute approximate surface area is 152 Å². The number of fused-ring (bicyclic) bond motifs is 1. The summed E-state index contributed by atoms with van der Waals surface area (Å²) in [4.78, 5) is 24.6. The van der Waals surface area contributed by atoms with Crippen molar-refractivity contribution in [3.8, 4) is 0 Å². The summed E-state index contributed by atoms with van der Waals surface area (Å²) in [5, 5.41) is 4.31. The van der Waals surface area contributed by atoms with Gasteiger partial charge >= 0.3 is 0 Å². The molecule has 0 spiro atoms. The van der Waals surface area contributed by atoms with Crippen LogP contribution in [0.3, 0.4) is 0 Å². The van der Waals surface area contributed by atoms with Crippen LogP contribution in [0.4, 0.5) is 17.3 Å². The Kier molecular flexibility index (Phi) is 4.39. The molecule has 1 aliphatic heterocycles. The van der Waals surface area contributed by atoms with Gasteiger partial charge in [0, 0.05) is 56.1 Å². The van der Waals surface area contributed by atoms with E-state index in [1.165, 1.54) is 0 Å². The summed E-state index contributed by atoms with van der Waals surface area (Å²) in [6.07, 6.45) is 1.83. The molecule has 1 amide bonds. The van der Waals surface area contributed by atoms with Crippen LogP contribution in [0, 0.1) is 0 Å². The predicted octanol–water partition coefficient (Wildman–Crippen LogP) is 3.04. The van der Waals surface area contributed by atoms with Gasteiger partial charge in [-0.15, -0.1) is 0 Å². The summed E-state index contributed by atoms with van der Waals surface area (Å²) in [5.74, 6) is 0.732. The van der Waals surface area contributed by atoms with Crippen molar-refractivity contribution < 1.29 is 4.79 Å². The van der Waals surface area contributed by atoms with E-state index in [2.05, 4.69) is 32.3 Å². The van der Waals surface area contributed by atoms with Gasteiger partial charge in [0.2, 0.25) is 11.9 Å². The fourth-order valence-corrected chi connectivity index (χ4v) is 3.22. The highest BCUT2D eigenvalue weighted by Crippen LogP contribution is 2.23. The van der Waals surface area contributed by atoms with Gasteiger partial charge in [0.25, 0.3) is 0 Å². The molecule has 0 aliphatic carbocycles. The molecule has 0 bridgehead atoms. The van der Waals surface area contributed by atoms with Crippen molar-refractivity contribution in [2.24, 2.45) is 0 Å². The second-order valence-corrected chi connectivity index (χ2v) is 6.42. The third-order valence-electron chi connectivity index (χ3n) is 4.68. The first kappa shape index (κ1) is 16.3. The molecular weight excluding hydrogens is 326 g/mol. The van der Waals surface area contributed by atoms with Gasteiger partial charge in [0.15, 0.2) is 0 Å². The van der Waals surface area contributed by atoms with Crippen LogP contribution < -0.4 is 10.2 Å². The smallest absolute Gasteiger partial charge is 0.227 e. The van der Waals surface area contributed by atoms with Crippen LogP contribution in [-0.4, -0.2) is 47.0 Å². The first-order chi connectivity index (χ1) is 12.7. The Morgan fingerprint density at radius 1 is 1.04 bits per heavy atom. The van der Waals surface area contributed by atoms with Crippen LogP contribution in [0.15, 0.2) is 54.7 Å². The van der Waals surface area contributed by atoms with Crippen LogP contribution in [0.1, 0.15) is 6.92 Å². The highest BCUT2D eigenvalue weighted by molar-refractivity contribution is 5.79. The molecule has 0 atom stereocenters. The quantitative estimate of drug-likeness (QED) is 0.789. The van der Waals surface area contributed by atoms with Crippen molar-refractivity contribution >= 4 is 34.1 Å². The van der Waals surface area contributed by atoms with E-state index in [4.69, 9.17) is 0 Å². The molecule has 6 nitrogen and oxygen atoms in total. The highest BCUT2D eigenvalue weighted by atomic mass is 16.2. The first-order valence-electron chi connectivity index (χ1n) is 8.78. The average Bonchev–Trinajstić information content (AvgIpc) is 2.68. The molecule has 0 unspecified atom stereocenters. The van der Waals surface area contributed by atoms with Crippen LogP contribution in [0.5, 0.6) is 0 Å². The van der Waals surface area contributed by atoms with Crippen molar-refractivity contribution in [1.82, 2.24) is 14.9 Å². The number of nitrogens with one attached hydrogen (secondary N) is 1. The lowest BCUT2D eigenvalue weighted by molar-refractivity contribution is -0.129. The molecule has 6 heteroatoms. The summed E-state index contributed by atoms with van der Waals surface area (Å²) < 4.78 is 0. The molecule has 1 aliphatic rings. The van der Waals surface area contributed by atoms with E-state index in [0.717, 1.165) is 48.5 Å². The Balaban J connectivity index is 1.49. The molecule has 26 heavy (non-hydrogen) atoms. The summed E-state index contributed by atoms with van der Waals surface area (Å²) >= 11 is 0. The van der Waals surface area contributed by atoms with Crippen molar-refractivity contribution in [3.05, 3.63) is 54.7 Å². The fourth-order valence-electron chi connectivity index (χ4n) is 3.22. The minimum absolute atomic E-state index is 0.147. The van der Waals surface area contributed by atoms with Gasteiger partial charge < -0.3 is 15.1 Å². The van der Waals surface area contributed by atoms with E-state index in [1.807, 2.05) is 47.5 Å².